The summed E-state index contributed by atoms with van der Waals surface area (Å²) in [5, 5.41) is 0. The molecule has 0 saturated heterocycles. The molecule has 0 heterocycles. The highest BCUT2D eigenvalue weighted by atomic mass is 31.2. The van der Waals surface area contributed by atoms with E-state index in [0.717, 1.165) is 70.6 Å². The molecule has 0 fully saturated rings. The lowest BCUT2D eigenvalue weighted by molar-refractivity contribution is -0.870. The molecule has 0 aromatic carbocycles. The van der Waals surface area contributed by atoms with E-state index in [1.807, 2.05) is 21.1 Å². The van der Waals surface area contributed by atoms with Crippen LogP contribution in [0.2, 0.25) is 0 Å². The van der Waals surface area contributed by atoms with Crippen LogP contribution in [-0.4, -0.2) is 75.6 Å². The Morgan fingerprint density at radius 3 is 1.50 bits per heavy atom. The van der Waals surface area contributed by atoms with Gasteiger partial charge in [0, 0.05) is 13.0 Å². The van der Waals surface area contributed by atoms with E-state index in [9.17, 15) is 14.3 Å². The van der Waals surface area contributed by atoms with Crippen LogP contribution in [0.15, 0.2) is 60.8 Å². The van der Waals surface area contributed by atoms with Gasteiger partial charge in [0.25, 0.3) is 0 Å². The molecule has 0 aromatic rings. The predicted molar refractivity (Wildman–Crippen MR) is 247 cm³/mol. The third-order valence-corrected chi connectivity index (χ3v) is 10.8. The first kappa shape index (κ1) is 56.2. The van der Waals surface area contributed by atoms with Crippen molar-refractivity contribution in [2.24, 2.45) is 0 Å². The van der Waals surface area contributed by atoms with Crippen LogP contribution in [0.1, 0.15) is 187 Å². The minimum atomic E-state index is -4.28. The number of carbonyl (C=O) groups is 1. The maximum atomic E-state index is 12.7. The Labute approximate surface area is 358 Å². The Morgan fingerprint density at radius 1 is 0.552 bits per heavy atom. The number of unbranched alkanes of at least 4 members (excludes halogenated alkanes) is 19. The zero-order valence-electron chi connectivity index (χ0n) is 38.3. The first-order valence-corrected chi connectivity index (χ1v) is 25.0. The number of phosphoric acid groups is 1. The van der Waals surface area contributed by atoms with Crippen molar-refractivity contribution in [3.05, 3.63) is 60.8 Å². The minimum absolute atomic E-state index is 0.0862. The summed E-state index contributed by atoms with van der Waals surface area (Å²) in [6.45, 7) is 5.50. The molecule has 58 heavy (non-hydrogen) atoms. The van der Waals surface area contributed by atoms with E-state index in [-0.39, 0.29) is 25.8 Å². The third-order valence-electron chi connectivity index (χ3n) is 9.84. The van der Waals surface area contributed by atoms with E-state index >= 15 is 0 Å². The normalized spacial score (nSPS) is 14.2. The van der Waals surface area contributed by atoms with E-state index in [2.05, 4.69) is 74.6 Å². The molecule has 338 valence electrons. The average Bonchev–Trinajstić information content (AvgIpc) is 3.18. The van der Waals surface area contributed by atoms with Crippen molar-refractivity contribution in [3.63, 3.8) is 0 Å². The van der Waals surface area contributed by atoms with Crippen molar-refractivity contribution in [3.8, 4) is 0 Å². The van der Waals surface area contributed by atoms with Gasteiger partial charge < -0.3 is 18.9 Å². The number of ether oxygens (including phenoxy) is 2. The second-order valence-electron chi connectivity index (χ2n) is 16.8. The highest BCUT2D eigenvalue weighted by Crippen LogP contribution is 2.43. The van der Waals surface area contributed by atoms with Gasteiger partial charge in [0.15, 0.2) is 0 Å². The third kappa shape index (κ3) is 45.3. The van der Waals surface area contributed by atoms with Crippen LogP contribution in [0.4, 0.5) is 0 Å². The lowest BCUT2D eigenvalue weighted by atomic mass is 10.1. The van der Waals surface area contributed by atoms with E-state index in [0.29, 0.717) is 24.1 Å². The van der Waals surface area contributed by atoms with Crippen LogP contribution in [0, 0.1) is 0 Å². The fraction of sp³-hybridized carbons (Fsp3) is 0.776. The van der Waals surface area contributed by atoms with Gasteiger partial charge >= 0.3 is 13.8 Å². The molecule has 1 N–H and O–H groups in total. The van der Waals surface area contributed by atoms with Gasteiger partial charge in [0.1, 0.15) is 19.3 Å². The molecule has 0 spiro atoms. The zero-order valence-corrected chi connectivity index (χ0v) is 39.2. The maximum Gasteiger partial charge on any atom is 0.472 e. The van der Waals surface area contributed by atoms with Crippen molar-refractivity contribution in [1.29, 1.82) is 0 Å². The summed E-state index contributed by atoms with van der Waals surface area (Å²) >= 11 is 0. The maximum absolute atomic E-state index is 12.7. The van der Waals surface area contributed by atoms with E-state index in [1.54, 1.807) is 0 Å². The SMILES string of the molecule is CC/C=C\C/C=C\C/C=C\C/C=C\C/C=C\CCCCCCCCCCCC(=O)OC(COCCCCCCCCCCCCC)COP(=O)(O)OCC[N+](C)(C)C. The van der Waals surface area contributed by atoms with E-state index in [1.165, 1.54) is 96.3 Å². The predicted octanol–water partition coefficient (Wildman–Crippen LogP) is 14.1. The van der Waals surface area contributed by atoms with Gasteiger partial charge in [-0.25, -0.2) is 4.57 Å². The van der Waals surface area contributed by atoms with Crippen LogP contribution < -0.4 is 0 Å². The topological polar surface area (TPSA) is 91.3 Å². The number of nitrogens with zero attached hydrogens (tertiary/aromatic N) is 1. The molecule has 0 saturated carbocycles. The molecule has 9 heteroatoms. The van der Waals surface area contributed by atoms with Gasteiger partial charge in [-0.05, 0) is 57.8 Å². The Balaban J connectivity index is 4.13. The lowest BCUT2D eigenvalue weighted by Gasteiger charge is -2.24. The van der Waals surface area contributed by atoms with Crippen LogP contribution >= 0.6 is 7.82 Å². The molecule has 0 bridgehead atoms. The molecular weight excluding hydrogens is 746 g/mol. The van der Waals surface area contributed by atoms with Gasteiger partial charge in [0.2, 0.25) is 0 Å². The minimum Gasteiger partial charge on any atom is -0.457 e. The Bertz CT molecular complexity index is 1110. The summed E-state index contributed by atoms with van der Waals surface area (Å²) in [6, 6.07) is 0. The van der Waals surface area contributed by atoms with Gasteiger partial charge in [-0.3, -0.25) is 13.8 Å². The number of hydrogen-bond donors (Lipinski definition) is 1. The number of quaternary nitrogens is 1. The number of hydrogen-bond acceptors (Lipinski definition) is 6. The highest BCUT2D eigenvalue weighted by molar-refractivity contribution is 7.47. The second-order valence-corrected chi connectivity index (χ2v) is 18.2. The van der Waals surface area contributed by atoms with E-state index in [4.69, 9.17) is 18.5 Å². The molecule has 0 aliphatic rings. The molecule has 0 aliphatic heterocycles. The summed E-state index contributed by atoms with van der Waals surface area (Å²) in [6.07, 6.45) is 52.6. The average molecular weight is 837 g/mol. The fourth-order valence-electron chi connectivity index (χ4n) is 6.23. The highest BCUT2D eigenvalue weighted by Gasteiger charge is 2.26. The van der Waals surface area contributed by atoms with E-state index < -0.39 is 13.9 Å². The number of carbonyl (C=O) groups excluding carboxylic acids is 1. The standard InChI is InChI=1S/C49H90NO7P/c1-6-8-10-12-14-16-18-19-20-21-22-23-24-25-26-27-28-29-30-31-32-34-36-38-40-42-49(51)57-48(47-56-58(52,53)55-45-43-50(3,4)5)46-54-44-41-39-37-35-33-17-15-13-11-9-7-2/h8,10,14,16,19-20,22-23,25-26,48H,6-7,9,11-13,15,17-18,21,24,27-47H2,1-5H3/p+1/b10-8-,16-14-,20-19-,23-22-,26-25-. The molecule has 8 nitrogen and oxygen atoms in total. The van der Waals surface area contributed by atoms with Crippen molar-refractivity contribution in [1.82, 2.24) is 0 Å². The molecule has 2 unspecified atom stereocenters. The summed E-state index contributed by atoms with van der Waals surface area (Å²) < 4.78 is 35.0. The Morgan fingerprint density at radius 2 is 1.00 bits per heavy atom. The van der Waals surface area contributed by atoms with Crippen LogP contribution in [0.3, 0.4) is 0 Å². The quantitative estimate of drug-likeness (QED) is 0.0215. The Hall–Kier alpha value is -1.80. The van der Waals surface area contributed by atoms with Gasteiger partial charge in [0.05, 0.1) is 34.4 Å². The summed E-state index contributed by atoms with van der Waals surface area (Å²) in [4.78, 5) is 22.9. The van der Waals surface area contributed by atoms with Crippen LogP contribution in [-0.2, 0) is 27.9 Å². The molecule has 0 aromatic heterocycles. The largest absolute Gasteiger partial charge is 0.472 e. The second kappa shape index (κ2) is 41.9. The van der Waals surface area contributed by atoms with Crippen LogP contribution in [0.5, 0.6) is 0 Å². The molecule has 0 radical (unpaired) electrons. The Kier molecular flexibility index (Phi) is 40.6. The number of allylic oxidation sites excluding steroid dienone is 10. The first-order chi connectivity index (χ1) is 28.1. The fourth-order valence-corrected chi connectivity index (χ4v) is 6.97. The molecule has 2 atom stereocenters. The number of phosphoric ester groups is 1. The van der Waals surface area contributed by atoms with Gasteiger partial charge in [-0.15, -0.1) is 0 Å². The van der Waals surface area contributed by atoms with Crippen LogP contribution in [0.25, 0.3) is 0 Å². The number of esters is 1. The zero-order chi connectivity index (χ0) is 42.7. The lowest BCUT2D eigenvalue weighted by Crippen LogP contribution is -2.37. The number of likely N-dealkylation sites (N-methyl/N-ethyl adjacent to an activating group) is 1. The molecule has 0 amide bonds. The van der Waals surface area contributed by atoms with Crippen molar-refractivity contribution in [2.45, 2.75) is 193 Å². The molecule has 0 rings (SSSR count). The van der Waals surface area contributed by atoms with Crippen molar-refractivity contribution in [2.75, 3.05) is 54.1 Å². The first-order valence-electron chi connectivity index (χ1n) is 23.5. The monoisotopic (exact) mass is 837 g/mol. The summed E-state index contributed by atoms with van der Waals surface area (Å²) in [5.74, 6) is -0.321. The van der Waals surface area contributed by atoms with Crippen molar-refractivity contribution < 1.29 is 37.3 Å². The molecular formula is C49H91NO7P+. The smallest absolute Gasteiger partial charge is 0.457 e. The number of rotatable bonds is 43. The van der Waals surface area contributed by atoms with Crippen molar-refractivity contribution >= 4 is 13.8 Å². The van der Waals surface area contributed by atoms with Gasteiger partial charge in [-0.1, -0.05) is 184 Å². The van der Waals surface area contributed by atoms with Gasteiger partial charge in [-0.2, -0.15) is 0 Å². The summed E-state index contributed by atoms with van der Waals surface area (Å²) in [7, 11) is 1.66. The summed E-state index contributed by atoms with van der Waals surface area (Å²) in [5.41, 5.74) is 0. The molecule has 0 aliphatic carbocycles.